The van der Waals surface area contributed by atoms with E-state index < -0.39 is 0 Å². The first-order valence-electron chi connectivity index (χ1n) is 10.0. The fourth-order valence-corrected chi connectivity index (χ4v) is 4.78. The minimum Gasteiger partial charge on any atom is -0.385 e. The Hall–Kier alpha value is -2.15. The lowest BCUT2D eigenvalue weighted by atomic mass is 10.0. The highest BCUT2D eigenvalue weighted by molar-refractivity contribution is 8.26. The Kier molecular flexibility index (Phi) is 8.65. The van der Waals surface area contributed by atoms with Gasteiger partial charge in [-0.1, -0.05) is 24.0 Å². The van der Waals surface area contributed by atoms with Gasteiger partial charge < -0.3 is 9.64 Å². The summed E-state index contributed by atoms with van der Waals surface area (Å²) in [7, 11) is 1.62. The highest BCUT2D eigenvalue weighted by Crippen LogP contribution is 2.35. The summed E-state index contributed by atoms with van der Waals surface area (Å²) in [5.41, 5.74) is 1.10. The number of methoxy groups -OCH3 is 1. The van der Waals surface area contributed by atoms with Crippen LogP contribution in [0.25, 0.3) is 6.08 Å². The van der Waals surface area contributed by atoms with Crippen LogP contribution in [-0.4, -0.2) is 53.0 Å². The Morgan fingerprint density at radius 1 is 1.27 bits per heavy atom. The van der Waals surface area contributed by atoms with Gasteiger partial charge in [-0.05, 0) is 45.8 Å². The first-order valence-corrected chi connectivity index (χ1v) is 11.2. The second kappa shape index (κ2) is 10.8. The molecule has 30 heavy (non-hydrogen) atoms. The van der Waals surface area contributed by atoms with Gasteiger partial charge in [-0.25, -0.2) is 0 Å². The van der Waals surface area contributed by atoms with Crippen LogP contribution in [-0.2, 0) is 16.1 Å². The monoisotopic (exact) mass is 448 g/mol. The molecule has 1 saturated heterocycles. The molecule has 1 aliphatic rings. The number of hydrogen-bond donors (Lipinski definition) is 0. The fraction of sp³-hybridized carbons (Fsp3) is 0.524. The highest BCUT2D eigenvalue weighted by Gasteiger charge is 2.32. The number of aromatic nitrogens is 1. The van der Waals surface area contributed by atoms with Crippen LogP contribution in [0.3, 0.4) is 0 Å². The van der Waals surface area contributed by atoms with Crippen LogP contribution in [0.4, 0.5) is 5.82 Å². The number of carbonyl (C=O) groups is 1. The molecule has 162 valence electrons. The number of pyridine rings is 1. The first-order chi connectivity index (χ1) is 14.4. The Morgan fingerprint density at radius 2 is 1.93 bits per heavy atom. The Morgan fingerprint density at radius 3 is 2.47 bits per heavy atom. The van der Waals surface area contributed by atoms with Gasteiger partial charge in [-0.2, -0.15) is 5.26 Å². The van der Waals surface area contributed by atoms with Gasteiger partial charge in [0.25, 0.3) is 11.5 Å². The van der Waals surface area contributed by atoms with Crippen molar-refractivity contribution in [2.45, 2.75) is 40.7 Å². The van der Waals surface area contributed by atoms with E-state index in [9.17, 15) is 14.9 Å². The molecule has 2 heterocycles. The topological polar surface area (TPSA) is 78.6 Å². The lowest BCUT2D eigenvalue weighted by Gasteiger charge is -2.28. The van der Waals surface area contributed by atoms with Crippen LogP contribution < -0.4 is 10.5 Å². The largest absolute Gasteiger partial charge is 0.385 e. The molecular formula is C21H28N4O3S2. The third kappa shape index (κ3) is 4.61. The maximum absolute atomic E-state index is 13.0. The lowest BCUT2D eigenvalue weighted by Crippen LogP contribution is -2.34. The van der Waals surface area contributed by atoms with Crippen molar-refractivity contribution in [3.8, 4) is 6.07 Å². The van der Waals surface area contributed by atoms with Gasteiger partial charge in [-0.3, -0.25) is 19.1 Å². The Balaban J connectivity index is 2.66. The zero-order valence-electron chi connectivity index (χ0n) is 18.2. The van der Waals surface area contributed by atoms with Crippen molar-refractivity contribution in [3.63, 3.8) is 0 Å². The molecule has 0 saturated carbocycles. The number of carbonyl (C=O) groups excluding carboxylic acids is 1. The molecule has 0 aromatic carbocycles. The zero-order chi connectivity index (χ0) is 22.4. The molecule has 0 unspecified atom stereocenters. The predicted octanol–water partition coefficient (Wildman–Crippen LogP) is 3.13. The number of anilines is 1. The van der Waals surface area contributed by atoms with Crippen LogP contribution in [0, 0.1) is 18.3 Å². The van der Waals surface area contributed by atoms with E-state index in [1.165, 1.54) is 11.8 Å². The van der Waals surface area contributed by atoms with E-state index in [2.05, 4.69) is 4.90 Å². The molecule has 9 heteroatoms. The standard InChI is InChI=1S/C21H28N4O3S2/c1-6-23(7-2)18-15(14(4)16(13-22)19(26)24(18)8-3)12-17-20(27)25(21(29)30-17)10-9-11-28-5/h12H,6-11H2,1-5H3. The molecule has 1 fully saturated rings. The smallest absolute Gasteiger partial charge is 0.270 e. The summed E-state index contributed by atoms with van der Waals surface area (Å²) < 4.78 is 7.19. The third-order valence-electron chi connectivity index (χ3n) is 5.10. The van der Waals surface area contributed by atoms with Gasteiger partial charge in [0.1, 0.15) is 21.8 Å². The van der Waals surface area contributed by atoms with Gasteiger partial charge in [0.2, 0.25) is 0 Å². The average Bonchev–Trinajstić information content (AvgIpc) is 2.99. The first kappa shape index (κ1) is 24.1. The van der Waals surface area contributed by atoms with Crippen LogP contribution in [0.2, 0.25) is 0 Å². The van der Waals surface area contributed by atoms with Crippen LogP contribution >= 0.6 is 24.0 Å². The Labute approximate surface area is 187 Å². The average molecular weight is 449 g/mol. The minimum absolute atomic E-state index is 0.106. The maximum Gasteiger partial charge on any atom is 0.270 e. The van der Waals surface area contributed by atoms with E-state index in [1.54, 1.807) is 29.6 Å². The molecule has 1 amide bonds. The van der Waals surface area contributed by atoms with Crippen LogP contribution in [0.1, 0.15) is 43.9 Å². The van der Waals surface area contributed by atoms with E-state index in [0.29, 0.717) is 59.6 Å². The van der Waals surface area contributed by atoms with Crippen molar-refractivity contribution in [3.05, 3.63) is 31.9 Å². The van der Waals surface area contributed by atoms with E-state index in [-0.39, 0.29) is 17.0 Å². The van der Waals surface area contributed by atoms with Crippen molar-refractivity contribution < 1.29 is 9.53 Å². The van der Waals surface area contributed by atoms with Crippen molar-refractivity contribution >= 4 is 46.1 Å². The molecular weight excluding hydrogens is 420 g/mol. The van der Waals surface area contributed by atoms with Gasteiger partial charge in [0.15, 0.2) is 0 Å². The summed E-state index contributed by atoms with van der Waals surface area (Å²) in [6.07, 6.45) is 2.48. The molecule has 1 aliphatic heterocycles. The second-order valence-electron chi connectivity index (χ2n) is 6.75. The summed E-state index contributed by atoms with van der Waals surface area (Å²) in [6, 6.07) is 2.05. The van der Waals surface area contributed by atoms with E-state index in [0.717, 1.165) is 5.82 Å². The molecule has 0 atom stereocenters. The Bertz CT molecular complexity index is 958. The molecule has 7 nitrogen and oxygen atoms in total. The van der Waals surface area contributed by atoms with Gasteiger partial charge in [0.05, 0.1) is 4.91 Å². The van der Waals surface area contributed by atoms with Crippen LogP contribution in [0.5, 0.6) is 0 Å². The number of thioether (sulfide) groups is 1. The molecule has 0 bridgehead atoms. The number of nitriles is 1. The zero-order valence-corrected chi connectivity index (χ0v) is 19.8. The quantitative estimate of drug-likeness (QED) is 0.326. The summed E-state index contributed by atoms with van der Waals surface area (Å²) in [6.45, 7) is 10.5. The normalized spacial score (nSPS) is 15.2. The predicted molar refractivity (Wildman–Crippen MR) is 126 cm³/mol. The molecule has 0 spiro atoms. The van der Waals surface area contributed by atoms with Crippen LogP contribution in [0.15, 0.2) is 9.70 Å². The van der Waals surface area contributed by atoms with Crippen molar-refractivity contribution in [1.82, 2.24) is 9.47 Å². The number of nitrogens with zero attached hydrogens (tertiary/aromatic N) is 4. The highest BCUT2D eigenvalue weighted by atomic mass is 32.2. The summed E-state index contributed by atoms with van der Waals surface area (Å²) in [4.78, 5) is 30.0. The van der Waals surface area contributed by atoms with Gasteiger partial charge in [-0.15, -0.1) is 0 Å². The number of ether oxygens (including phenoxy) is 1. The van der Waals surface area contributed by atoms with Crippen molar-refractivity contribution in [2.24, 2.45) is 0 Å². The minimum atomic E-state index is -0.302. The second-order valence-corrected chi connectivity index (χ2v) is 8.43. The summed E-state index contributed by atoms with van der Waals surface area (Å²) in [5.74, 6) is 0.576. The molecule has 0 radical (unpaired) electrons. The fourth-order valence-electron chi connectivity index (χ4n) is 3.49. The molecule has 1 aromatic heterocycles. The number of hydrogen-bond acceptors (Lipinski definition) is 7. The van der Waals surface area contributed by atoms with Gasteiger partial charge >= 0.3 is 0 Å². The molecule has 1 aromatic rings. The third-order valence-corrected chi connectivity index (χ3v) is 6.48. The number of thiocarbonyl (C=S) groups is 1. The van der Waals surface area contributed by atoms with Crippen molar-refractivity contribution in [1.29, 1.82) is 5.26 Å². The van der Waals surface area contributed by atoms with Crippen molar-refractivity contribution in [2.75, 3.05) is 38.3 Å². The van der Waals surface area contributed by atoms with Gasteiger partial charge in [0, 0.05) is 45.5 Å². The van der Waals surface area contributed by atoms with E-state index in [4.69, 9.17) is 17.0 Å². The number of amides is 1. The van der Waals surface area contributed by atoms with E-state index in [1.807, 2.05) is 26.8 Å². The summed E-state index contributed by atoms with van der Waals surface area (Å²) in [5, 5.41) is 9.59. The maximum atomic E-state index is 13.0. The number of rotatable bonds is 9. The molecule has 0 N–H and O–H groups in total. The SMILES string of the molecule is CCN(CC)c1c(C=C2SC(=S)N(CCCOC)C2=O)c(C)c(C#N)c(=O)n1CC. The summed E-state index contributed by atoms with van der Waals surface area (Å²) >= 11 is 6.66. The van der Waals surface area contributed by atoms with E-state index >= 15 is 0 Å². The molecule has 2 rings (SSSR count). The lowest BCUT2D eigenvalue weighted by molar-refractivity contribution is -0.122. The molecule has 0 aliphatic carbocycles.